The van der Waals surface area contributed by atoms with Crippen LogP contribution in [0.4, 0.5) is 0 Å². The zero-order valence-electron chi connectivity index (χ0n) is 7.27. The first kappa shape index (κ1) is 9.63. The van der Waals surface area contributed by atoms with Gasteiger partial charge in [-0.2, -0.15) is 0 Å². The van der Waals surface area contributed by atoms with E-state index in [9.17, 15) is 4.79 Å². The van der Waals surface area contributed by atoms with Gasteiger partial charge in [-0.05, 0) is 13.0 Å². The predicted molar refractivity (Wildman–Crippen MR) is 47.8 cm³/mol. The minimum Gasteiger partial charge on any atom is -0.295 e. The fourth-order valence-corrected chi connectivity index (χ4v) is 1.38. The van der Waals surface area contributed by atoms with E-state index < -0.39 is 8.07 Å². The van der Waals surface area contributed by atoms with Gasteiger partial charge in [-0.25, -0.2) is 0 Å². The van der Waals surface area contributed by atoms with Crippen LogP contribution in [-0.2, 0) is 4.79 Å². The molecule has 0 aliphatic rings. The summed E-state index contributed by atoms with van der Waals surface area (Å²) in [6, 6.07) is 1.21. The van der Waals surface area contributed by atoms with Gasteiger partial charge in [-0.1, -0.05) is 31.8 Å². The van der Waals surface area contributed by atoms with Crippen LogP contribution in [0.2, 0.25) is 19.1 Å². The first-order valence-electron chi connectivity index (χ1n) is 3.68. The first-order chi connectivity index (χ1) is 4.48. The third kappa shape index (κ3) is 4.50. The number of allylic oxidation sites excluding steroid dienone is 1. The Labute approximate surface area is 64.1 Å². The molecule has 58 valence electrons. The lowest BCUT2D eigenvalue weighted by atomic mass is 10.5. The average Bonchev–Trinajstić information content (AvgIpc) is 1.85. The van der Waals surface area contributed by atoms with Crippen LogP contribution in [0.15, 0.2) is 11.8 Å². The van der Waals surface area contributed by atoms with Crippen LogP contribution >= 0.6 is 0 Å². The van der Waals surface area contributed by atoms with Crippen LogP contribution in [-0.4, -0.2) is 13.9 Å². The number of hydrogen-bond acceptors (Lipinski definition) is 1. The lowest BCUT2D eigenvalue weighted by Gasteiger charge is -2.12. The van der Waals surface area contributed by atoms with E-state index in [1.807, 2.05) is 0 Å². The maximum atomic E-state index is 10.5. The van der Waals surface area contributed by atoms with Gasteiger partial charge in [0, 0.05) is 0 Å². The lowest BCUT2D eigenvalue weighted by molar-refractivity contribution is -0.112. The standard InChI is InChI=1S/C8H16OSi/c1-5-10(3,4)7-6-8(2)9/h6-7H,5H2,1-4H3/b7-6+. The van der Waals surface area contributed by atoms with Gasteiger partial charge in [0.2, 0.25) is 0 Å². The molecule has 0 aliphatic carbocycles. The smallest absolute Gasteiger partial charge is 0.151 e. The van der Waals surface area contributed by atoms with Gasteiger partial charge in [0.1, 0.15) is 0 Å². The Kier molecular flexibility index (Phi) is 3.57. The number of rotatable bonds is 3. The molecule has 0 amide bonds. The molecule has 0 heterocycles. The fraction of sp³-hybridized carbons (Fsp3) is 0.625. The Hall–Kier alpha value is -0.373. The van der Waals surface area contributed by atoms with Crippen LogP contribution in [0.25, 0.3) is 0 Å². The van der Waals surface area contributed by atoms with Crippen molar-refractivity contribution in [3.8, 4) is 0 Å². The third-order valence-corrected chi connectivity index (χ3v) is 4.57. The van der Waals surface area contributed by atoms with E-state index >= 15 is 0 Å². The summed E-state index contributed by atoms with van der Waals surface area (Å²) in [6.45, 7) is 8.28. The molecule has 0 radical (unpaired) electrons. The quantitative estimate of drug-likeness (QED) is 0.453. The first-order valence-corrected chi connectivity index (χ1v) is 6.96. The molecular formula is C8H16OSi. The summed E-state index contributed by atoms with van der Waals surface area (Å²) in [4.78, 5) is 10.5. The van der Waals surface area contributed by atoms with Crippen LogP contribution in [0, 0.1) is 0 Å². The Bertz CT molecular complexity index is 147. The summed E-state index contributed by atoms with van der Waals surface area (Å²) < 4.78 is 0. The predicted octanol–water partition coefficient (Wildman–Crippen LogP) is 2.40. The summed E-state index contributed by atoms with van der Waals surface area (Å²) in [5.74, 6) is 0.161. The van der Waals surface area contributed by atoms with Gasteiger partial charge in [-0.3, -0.25) is 4.79 Å². The minimum absolute atomic E-state index is 0.161. The van der Waals surface area contributed by atoms with Crippen LogP contribution < -0.4 is 0 Å². The van der Waals surface area contributed by atoms with E-state index in [1.54, 1.807) is 13.0 Å². The van der Waals surface area contributed by atoms with Crippen LogP contribution in [0.5, 0.6) is 0 Å². The molecule has 0 rings (SSSR count). The van der Waals surface area contributed by atoms with Crippen molar-refractivity contribution >= 4 is 13.9 Å². The molecule has 2 heteroatoms. The number of carbonyl (C=O) groups excluding carboxylic acids is 1. The highest BCUT2D eigenvalue weighted by Crippen LogP contribution is 2.08. The minimum atomic E-state index is -1.14. The Morgan fingerprint density at radius 2 is 2.00 bits per heavy atom. The summed E-state index contributed by atoms with van der Waals surface area (Å²) >= 11 is 0. The number of hydrogen-bond donors (Lipinski definition) is 0. The summed E-state index contributed by atoms with van der Waals surface area (Å²) in [7, 11) is -1.14. The van der Waals surface area contributed by atoms with Crippen molar-refractivity contribution in [3.05, 3.63) is 11.8 Å². The Morgan fingerprint density at radius 3 is 2.30 bits per heavy atom. The van der Waals surface area contributed by atoms with Gasteiger partial charge < -0.3 is 0 Å². The summed E-state index contributed by atoms with van der Waals surface area (Å²) in [6.07, 6.45) is 1.70. The molecule has 0 aromatic rings. The molecule has 10 heavy (non-hydrogen) atoms. The van der Waals surface area contributed by atoms with E-state index in [0.29, 0.717) is 0 Å². The molecule has 0 fully saturated rings. The van der Waals surface area contributed by atoms with E-state index in [1.165, 1.54) is 6.04 Å². The summed E-state index contributed by atoms with van der Waals surface area (Å²) in [5.41, 5.74) is 2.11. The molecule has 0 saturated heterocycles. The second-order valence-corrected chi connectivity index (χ2v) is 8.30. The number of ketones is 1. The van der Waals surface area contributed by atoms with Crippen molar-refractivity contribution in [2.75, 3.05) is 0 Å². The van der Waals surface area contributed by atoms with Crippen molar-refractivity contribution in [1.29, 1.82) is 0 Å². The molecule has 0 unspecified atom stereocenters. The monoisotopic (exact) mass is 156 g/mol. The largest absolute Gasteiger partial charge is 0.295 e. The second-order valence-electron chi connectivity index (χ2n) is 3.29. The molecule has 0 aromatic heterocycles. The normalized spacial score (nSPS) is 12.4. The molecule has 0 bridgehead atoms. The van der Waals surface area contributed by atoms with Crippen molar-refractivity contribution in [1.82, 2.24) is 0 Å². The zero-order valence-corrected chi connectivity index (χ0v) is 8.27. The SMILES string of the molecule is CC[Si](C)(C)/C=C/C(C)=O. The van der Waals surface area contributed by atoms with E-state index in [2.05, 4.69) is 25.7 Å². The van der Waals surface area contributed by atoms with Crippen LogP contribution in [0.3, 0.4) is 0 Å². The van der Waals surface area contributed by atoms with Gasteiger partial charge in [0.25, 0.3) is 0 Å². The highest BCUT2D eigenvalue weighted by molar-refractivity contribution is 6.82. The van der Waals surface area contributed by atoms with Gasteiger partial charge in [0.05, 0.1) is 8.07 Å². The highest BCUT2D eigenvalue weighted by Gasteiger charge is 2.12. The Morgan fingerprint density at radius 1 is 1.50 bits per heavy atom. The highest BCUT2D eigenvalue weighted by atomic mass is 28.3. The molecule has 0 atom stereocenters. The molecule has 0 spiro atoms. The molecule has 0 aliphatic heterocycles. The van der Waals surface area contributed by atoms with Gasteiger partial charge in [0.15, 0.2) is 5.78 Å². The maximum Gasteiger partial charge on any atom is 0.151 e. The van der Waals surface area contributed by atoms with Crippen LogP contribution in [0.1, 0.15) is 13.8 Å². The van der Waals surface area contributed by atoms with Crippen molar-refractivity contribution < 1.29 is 4.79 Å². The van der Waals surface area contributed by atoms with Gasteiger partial charge >= 0.3 is 0 Å². The Balaban J connectivity index is 3.99. The molecule has 1 nitrogen and oxygen atoms in total. The maximum absolute atomic E-state index is 10.5. The fourth-order valence-electron chi connectivity index (χ4n) is 0.461. The van der Waals surface area contributed by atoms with Crippen molar-refractivity contribution in [2.45, 2.75) is 33.0 Å². The number of carbonyl (C=O) groups is 1. The van der Waals surface area contributed by atoms with Crippen molar-refractivity contribution in [2.24, 2.45) is 0 Å². The van der Waals surface area contributed by atoms with E-state index in [0.717, 1.165) is 0 Å². The van der Waals surface area contributed by atoms with Crippen molar-refractivity contribution in [3.63, 3.8) is 0 Å². The van der Waals surface area contributed by atoms with E-state index in [4.69, 9.17) is 0 Å². The molecule has 0 aromatic carbocycles. The topological polar surface area (TPSA) is 17.1 Å². The van der Waals surface area contributed by atoms with E-state index in [-0.39, 0.29) is 5.78 Å². The summed E-state index contributed by atoms with van der Waals surface area (Å²) in [5, 5.41) is 0. The van der Waals surface area contributed by atoms with Gasteiger partial charge in [-0.15, -0.1) is 0 Å². The third-order valence-electron chi connectivity index (χ3n) is 1.68. The zero-order chi connectivity index (χ0) is 8.20. The molecule has 0 saturated carbocycles. The lowest BCUT2D eigenvalue weighted by Crippen LogP contribution is -2.20. The second kappa shape index (κ2) is 3.71. The average molecular weight is 156 g/mol. The molecular weight excluding hydrogens is 140 g/mol. The molecule has 0 N–H and O–H groups in total.